The zero-order valence-electron chi connectivity index (χ0n) is 38.8. The van der Waals surface area contributed by atoms with E-state index in [1.165, 1.54) is 54.6 Å². The third-order valence-electron chi connectivity index (χ3n) is 15.0. The normalized spacial score (nSPS) is 13.0. The summed E-state index contributed by atoms with van der Waals surface area (Å²) in [5, 5.41) is 11.8. The van der Waals surface area contributed by atoms with Crippen LogP contribution in [0.25, 0.3) is 87.3 Å². The van der Waals surface area contributed by atoms with Crippen molar-refractivity contribution in [3.8, 4) is 11.1 Å². The summed E-state index contributed by atoms with van der Waals surface area (Å²) in [6.45, 7) is 9.09. The lowest BCUT2D eigenvalue weighted by atomic mass is 9.81. The molecule has 328 valence electrons. The summed E-state index contributed by atoms with van der Waals surface area (Å²) in [4.78, 5) is 4.80. The van der Waals surface area contributed by atoms with Gasteiger partial charge < -0.3 is 18.6 Å². The van der Waals surface area contributed by atoms with Crippen molar-refractivity contribution in [3.05, 3.63) is 229 Å². The van der Waals surface area contributed by atoms with Crippen LogP contribution >= 0.6 is 0 Å². The van der Waals surface area contributed by atoms with E-state index in [1.54, 1.807) is 0 Å². The Morgan fingerprint density at radius 1 is 0.348 bits per heavy atom. The molecule has 0 saturated heterocycles. The van der Waals surface area contributed by atoms with Crippen LogP contribution in [0.4, 0.5) is 34.1 Å². The molecule has 0 spiro atoms. The molecule has 0 saturated carbocycles. The van der Waals surface area contributed by atoms with Crippen molar-refractivity contribution in [2.45, 2.75) is 33.1 Å². The van der Waals surface area contributed by atoms with Gasteiger partial charge in [0.15, 0.2) is 11.2 Å². The van der Waals surface area contributed by atoms with E-state index in [2.05, 4.69) is 244 Å². The molecular formula is C65H46N2O2. The highest BCUT2D eigenvalue weighted by Crippen LogP contribution is 2.57. The summed E-state index contributed by atoms with van der Waals surface area (Å²) in [6, 6.07) is 74.9. The molecule has 2 aromatic heterocycles. The Balaban J connectivity index is 0.978. The SMILES string of the molecule is Cc1cc2ccccc2c2c1oc1c(N(c3ccccc3)c3ccc4c(c3)C(C)(C)c3cc(N(c5ccccc5)c5cccc6c5oc5c(C)cc7ccccc7c56)c5ccccc5c3-4)cccc12. The summed E-state index contributed by atoms with van der Waals surface area (Å²) in [6.07, 6.45) is 0. The third-order valence-corrected chi connectivity index (χ3v) is 15.0. The first-order chi connectivity index (χ1) is 33.8. The Labute approximate surface area is 399 Å². The van der Waals surface area contributed by atoms with Gasteiger partial charge in [-0.1, -0.05) is 153 Å². The van der Waals surface area contributed by atoms with E-state index >= 15 is 0 Å². The van der Waals surface area contributed by atoms with Crippen molar-refractivity contribution < 1.29 is 8.83 Å². The predicted molar refractivity (Wildman–Crippen MR) is 290 cm³/mol. The average molecular weight is 887 g/mol. The van der Waals surface area contributed by atoms with Gasteiger partial charge in [-0.15, -0.1) is 0 Å². The minimum Gasteiger partial charge on any atom is -0.454 e. The van der Waals surface area contributed by atoms with Crippen LogP contribution in [0.5, 0.6) is 0 Å². The lowest BCUT2D eigenvalue weighted by molar-refractivity contribution is 0.660. The first-order valence-corrected chi connectivity index (χ1v) is 23.9. The van der Waals surface area contributed by atoms with E-state index in [1.807, 2.05) is 0 Å². The number of rotatable bonds is 6. The molecule has 1 aliphatic carbocycles. The molecule has 14 rings (SSSR count). The highest BCUT2D eigenvalue weighted by atomic mass is 16.3. The van der Waals surface area contributed by atoms with Gasteiger partial charge in [-0.05, 0) is 141 Å². The molecule has 0 aliphatic heterocycles. The number of aryl methyl sites for hydroxylation is 2. The number of fused-ring (bicyclic) bond motifs is 15. The molecule has 1 aliphatic rings. The fourth-order valence-corrected chi connectivity index (χ4v) is 11.8. The number of hydrogen-bond donors (Lipinski definition) is 0. The fourth-order valence-electron chi connectivity index (χ4n) is 11.8. The summed E-state index contributed by atoms with van der Waals surface area (Å²) < 4.78 is 14.1. The Bertz CT molecular complexity index is 4260. The largest absolute Gasteiger partial charge is 0.454 e. The monoisotopic (exact) mass is 886 g/mol. The number of para-hydroxylation sites is 4. The zero-order valence-corrected chi connectivity index (χ0v) is 38.8. The number of furan rings is 2. The van der Waals surface area contributed by atoms with Crippen LogP contribution in [0.2, 0.25) is 0 Å². The summed E-state index contributed by atoms with van der Waals surface area (Å²) in [5.74, 6) is 0. The van der Waals surface area contributed by atoms with Gasteiger partial charge >= 0.3 is 0 Å². The van der Waals surface area contributed by atoms with Gasteiger partial charge in [0.05, 0.1) is 17.1 Å². The highest BCUT2D eigenvalue weighted by Gasteiger charge is 2.39. The molecule has 0 amide bonds. The first-order valence-electron chi connectivity index (χ1n) is 23.9. The molecule has 13 aromatic rings. The van der Waals surface area contributed by atoms with Gasteiger partial charge in [0.1, 0.15) is 11.2 Å². The Morgan fingerprint density at radius 3 is 1.41 bits per heavy atom. The third kappa shape index (κ3) is 5.69. The maximum absolute atomic E-state index is 7.07. The smallest absolute Gasteiger partial charge is 0.159 e. The molecule has 4 heteroatoms. The lowest BCUT2D eigenvalue weighted by Crippen LogP contribution is -2.18. The van der Waals surface area contributed by atoms with E-state index < -0.39 is 0 Å². The summed E-state index contributed by atoms with van der Waals surface area (Å²) >= 11 is 0. The summed E-state index contributed by atoms with van der Waals surface area (Å²) in [5.41, 5.74) is 16.9. The van der Waals surface area contributed by atoms with Gasteiger partial charge in [-0.25, -0.2) is 0 Å². The molecule has 0 fully saturated rings. The number of benzene rings is 11. The van der Waals surface area contributed by atoms with Gasteiger partial charge in [0.2, 0.25) is 0 Å². The van der Waals surface area contributed by atoms with Crippen LogP contribution in [0.15, 0.2) is 215 Å². The topological polar surface area (TPSA) is 32.8 Å². The molecule has 0 atom stereocenters. The quantitative estimate of drug-likeness (QED) is 0.167. The second-order valence-electron chi connectivity index (χ2n) is 19.3. The van der Waals surface area contributed by atoms with Crippen LogP contribution in [0.3, 0.4) is 0 Å². The van der Waals surface area contributed by atoms with E-state index in [-0.39, 0.29) is 5.41 Å². The highest BCUT2D eigenvalue weighted by molar-refractivity contribution is 6.23. The van der Waals surface area contributed by atoms with Crippen LogP contribution in [-0.2, 0) is 5.41 Å². The van der Waals surface area contributed by atoms with E-state index in [0.717, 1.165) is 89.1 Å². The Kier molecular flexibility index (Phi) is 8.43. The standard InChI is InChI=1S/C65H46N2O2/c1-39-35-41-19-11-13-25-46(41)59-51-29-17-31-55(63(51)68-61(39)59)66(43-21-7-5-8-22-43)45-33-34-50-53(37-45)65(3,4)54-38-57(48-27-15-16-28-49(48)58(50)54)67(44-23-9-6-10-24-44)56-32-18-30-52-60-47-26-14-12-20-42(47)36-40(2)62(60)69-64(52)56/h5-38H,1-4H3. The van der Waals surface area contributed by atoms with Gasteiger partial charge in [0.25, 0.3) is 0 Å². The molecule has 2 heterocycles. The van der Waals surface area contributed by atoms with E-state index in [0.29, 0.717) is 0 Å². The van der Waals surface area contributed by atoms with Crippen molar-refractivity contribution >= 4 is 110 Å². The summed E-state index contributed by atoms with van der Waals surface area (Å²) in [7, 11) is 0. The van der Waals surface area contributed by atoms with Crippen LogP contribution in [0, 0.1) is 13.8 Å². The molecular weight excluding hydrogens is 841 g/mol. The fraction of sp³-hybridized carbons (Fsp3) is 0.0769. The van der Waals surface area contributed by atoms with Crippen molar-refractivity contribution in [1.29, 1.82) is 0 Å². The second-order valence-corrected chi connectivity index (χ2v) is 19.3. The lowest BCUT2D eigenvalue weighted by Gasteiger charge is -2.30. The van der Waals surface area contributed by atoms with Gasteiger partial charge in [0, 0.05) is 49.4 Å². The number of anilines is 6. The minimum absolute atomic E-state index is 0.368. The Hall–Kier alpha value is -8.60. The van der Waals surface area contributed by atoms with Crippen molar-refractivity contribution in [2.75, 3.05) is 9.80 Å². The maximum atomic E-state index is 7.07. The van der Waals surface area contributed by atoms with Gasteiger partial charge in [-0.3, -0.25) is 0 Å². The maximum Gasteiger partial charge on any atom is 0.159 e. The number of hydrogen-bond acceptors (Lipinski definition) is 4. The van der Waals surface area contributed by atoms with Crippen LogP contribution in [0.1, 0.15) is 36.1 Å². The predicted octanol–water partition coefficient (Wildman–Crippen LogP) is 18.8. The van der Waals surface area contributed by atoms with Crippen molar-refractivity contribution in [1.82, 2.24) is 0 Å². The molecule has 0 unspecified atom stereocenters. The Morgan fingerprint density at radius 2 is 0.826 bits per heavy atom. The zero-order chi connectivity index (χ0) is 46.1. The molecule has 0 bridgehead atoms. The van der Waals surface area contributed by atoms with Crippen molar-refractivity contribution in [2.24, 2.45) is 0 Å². The van der Waals surface area contributed by atoms with Crippen LogP contribution in [-0.4, -0.2) is 0 Å². The minimum atomic E-state index is -0.368. The molecule has 0 N–H and O–H groups in total. The molecule has 0 radical (unpaired) electrons. The van der Waals surface area contributed by atoms with E-state index in [4.69, 9.17) is 8.83 Å². The van der Waals surface area contributed by atoms with Gasteiger partial charge in [-0.2, -0.15) is 0 Å². The van der Waals surface area contributed by atoms with E-state index in [9.17, 15) is 0 Å². The second kappa shape index (κ2) is 14.7. The molecule has 11 aromatic carbocycles. The van der Waals surface area contributed by atoms with Crippen molar-refractivity contribution in [3.63, 3.8) is 0 Å². The first kappa shape index (κ1) is 39.6. The molecule has 4 nitrogen and oxygen atoms in total. The number of nitrogens with zero attached hydrogens (tertiary/aromatic N) is 2. The molecule has 69 heavy (non-hydrogen) atoms. The average Bonchev–Trinajstić information content (AvgIpc) is 4.05. The van der Waals surface area contributed by atoms with Crippen LogP contribution < -0.4 is 9.80 Å².